The molecular formula is C21H33N3O3. The minimum atomic E-state index is -0.277. The Morgan fingerprint density at radius 2 is 1.74 bits per heavy atom. The first-order valence-corrected chi connectivity index (χ1v) is 10.3. The molecule has 0 N–H and O–H groups in total. The van der Waals surface area contributed by atoms with Crippen LogP contribution in [-0.4, -0.2) is 62.2 Å². The van der Waals surface area contributed by atoms with Crippen LogP contribution in [0.4, 0.5) is 11.5 Å². The normalized spacial score (nSPS) is 27.0. The van der Waals surface area contributed by atoms with Crippen LogP contribution < -0.4 is 14.5 Å². The van der Waals surface area contributed by atoms with Crippen LogP contribution >= 0.6 is 0 Å². The van der Waals surface area contributed by atoms with Gasteiger partial charge in [-0.3, -0.25) is 0 Å². The summed E-state index contributed by atoms with van der Waals surface area (Å²) < 4.78 is 17.6. The van der Waals surface area contributed by atoms with E-state index in [1.807, 2.05) is 0 Å². The second kappa shape index (κ2) is 7.47. The van der Waals surface area contributed by atoms with E-state index in [1.54, 1.807) is 0 Å². The van der Waals surface area contributed by atoms with Crippen molar-refractivity contribution in [2.24, 2.45) is 5.92 Å². The molecule has 3 fully saturated rings. The molecule has 0 radical (unpaired) electrons. The molecule has 0 spiro atoms. The number of rotatable bonds is 4. The number of morpholine rings is 2. The third kappa shape index (κ3) is 4.49. The highest BCUT2D eigenvalue weighted by Crippen LogP contribution is 2.39. The third-order valence-electron chi connectivity index (χ3n) is 5.51. The van der Waals surface area contributed by atoms with E-state index in [0.29, 0.717) is 18.0 Å². The summed E-state index contributed by atoms with van der Waals surface area (Å²) in [6, 6.07) is 5.10. The Morgan fingerprint density at radius 3 is 2.41 bits per heavy atom. The zero-order valence-corrected chi connectivity index (χ0v) is 17.1. The highest BCUT2D eigenvalue weighted by molar-refractivity contribution is 5.59. The van der Waals surface area contributed by atoms with E-state index in [0.717, 1.165) is 51.3 Å². The summed E-state index contributed by atoms with van der Waals surface area (Å²) >= 11 is 0. The van der Waals surface area contributed by atoms with Crippen molar-refractivity contribution in [2.45, 2.75) is 58.2 Å². The molecule has 0 aromatic carbocycles. The van der Waals surface area contributed by atoms with Crippen LogP contribution in [0, 0.1) is 5.92 Å². The smallest absolute Gasteiger partial charge is 0.217 e. The predicted molar refractivity (Wildman–Crippen MR) is 107 cm³/mol. The van der Waals surface area contributed by atoms with E-state index in [4.69, 9.17) is 19.2 Å². The van der Waals surface area contributed by atoms with Crippen molar-refractivity contribution < 1.29 is 14.2 Å². The Balaban J connectivity index is 1.68. The molecule has 4 rings (SSSR count). The van der Waals surface area contributed by atoms with Crippen molar-refractivity contribution >= 4 is 11.5 Å². The van der Waals surface area contributed by atoms with E-state index in [-0.39, 0.29) is 5.60 Å². The van der Waals surface area contributed by atoms with Crippen molar-refractivity contribution in [3.8, 4) is 5.88 Å². The van der Waals surface area contributed by atoms with E-state index in [1.165, 1.54) is 18.5 Å². The maximum absolute atomic E-state index is 6.18. The van der Waals surface area contributed by atoms with Crippen LogP contribution in [-0.2, 0) is 9.47 Å². The molecule has 0 bridgehead atoms. The predicted octanol–water partition coefficient (Wildman–Crippen LogP) is 3.10. The Kier molecular flexibility index (Phi) is 5.21. The molecule has 6 heteroatoms. The van der Waals surface area contributed by atoms with Crippen LogP contribution in [0.5, 0.6) is 5.88 Å². The van der Waals surface area contributed by atoms with E-state index >= 15 is 0 Å². The second-order valence-electron chi connectivity index (χ2n) is 9.03. The summed E-state index contributed by atoms with van der Waals surface area (Å²) in [5.74, 6) is 2.46. The van der Waals surface area contributed by atoms with E-state index < -0.39 is 0 Å². The van der Waals surface area contributed by atoms with Gasteiger partial charge in [0.15, 0.2) is 0 Å². The van der Waals surface area contributed by atoms with E-state index in [9.17, 15) is 0 Å². The minimum Gasteiger partial charge on any atom is -0.472 e. The molecule has 2 saturated heterocycles. The lowest BCUT2D eigenvalue weighted by Crippen LogP contribution is -2.47. The van der Waals surface area contributed by atoms with Gasteiger partial charge in [-0.2, -0.15) is 4.98 Å². The zero-order valence-electron chi connectivity index (χ0n) is 17.1. The summed E-state index contributed by atoms with van der Waals surface area (Å²) in [4.78, 5) is 9.78. The minimum absolute atomic E-state index is 0.277. The van der Waals surface area contributed by atoms with Crippen LogP contribution in [0.2, 0.25) is 0 Å². The molecule has 1 aromatic heterocycles. The van der Waals surface area contributed by atoms with Gasteiger partial charge in [0, 0.05) is 37.0 Å². The Hall–Kier alpha value is -1.53. The van der Waals surface area contributed by atoms with Crippen molar-refractivity contribution in [1.82, 2.24) is 4.98 Å². The van der Waals surface area contributed by atoms with Crippen molar-refractivity contribution in [3.63, 3.8) is 0 Å². The standard InChI is InChI=1S/C21H33N3O3/c1-15-13-25-9-7-23(15)17-11-19(22-20(12-17)27-21(2,3)4)24-8-10-26-14-18(24)16-5-6-16/h11-12,15-16,18H,5-10,13-14H2,1-4H3/t15-,18?/m1/s1. The molecule has 6 nitrogen and oxygen atoms in total. The molecule has 2 atom stereocenters. The van der Waals surface area contributed by atoms with Gasteiger partial charge in [-0.25, -0.2) is 0 Å². The molecule has 1 saturated carbocycles. The second-order valence-corrected chi connectivity index (χ2v) is 9.03. The fraction of sp³-hybridized carbons (Fsp3) is 0.762. The third-order valence-corrected chi connectivity index (χ3v) is 5.51. The van der Waals surface area contributed by atoms with Gasteiger partial charge in [-0.15, -0.1) is 0 Å². The van der Waals surface area contributed by atoms with Crippen molar-refractivity contribution in [1.29, 1.82) is 0 Å². The number of pyridine rings is 1. The molecule has 1 unspecified atom stereocenters. The van der Waals surface area contributed by atoms with E-state index in [2.05, 4.69) is 49.6 Å². The lowest BCUT2D eigenvalue weighted by atomic mass is 10.1. The topological polar surface area (TPSA) is 47.1 Å². The first-order chi connectivity index (χ1) is 12.9. The Bertz CT molecular complexity index is 657. The number of hydrogen-bond acceptors (Lipinski definition) is 6. The van der Waals surface area contributed by atoms with Gasteiger partial charge in [0.05, 0.1) is 32.5 Å². The molecule has 3 heterocycles. The molecule has 3 aliphatic rings. The van der Waals surface area contributed by atoms with Gasteiger partial charge < -0.3 is 24.0 Å². The lowest BCUT2D eigenvalue weighted by molar-refractivity contribution is 0.0868. The van der Waals surface area contributed by atoms with Gasteiger partial charge in [0.1, 0.15) is 11.4 Å². The number of anilines is 2. The Labute approximate surface area is 162 Å². The number of nitrogens with zero attached hydrogens (tertiary/aromatic N) is 3. The van der Waals surface area contributed by atoms with Crippen LogP contribution in [0.25, 0.3) is 0 Å². The maximum atomic E-state index is 6.18. The van der Waals surface area contributed by atoms with Crippen LogP contribution in [0.3, 0.4) is 0 Å². The molecule has 0 amide bonds. The van der Waals surface area contributed by atoms with Crippen LogP contribution in [0.15, 0.2) is 12.1 Å². The average molecular weight is 376 g/mol. The molecule has 2 aliphatic heterocycles. The number of hydrogen-bond donors (Lipinski definition) is 0. The molecule has 27 heavy (non-hydrogen) atoms. The van der Waals surface area contributed by atoms with Gasteiger partial charge in [-0.05, 0) is 46.5 Å². The first-order valence-electron chi connectivity index (χ1n) is 10.3. The largest absolute Gasteiger partial charge is 0.472 e. The molecular weight excluding hydrogens is 342 g/mol. The molecule has 1 aromatic rings. The SMILES string of the molecule is C[C@@H]1COCCN1c1cc(OC(C)(C)C)nc(N2CCOCC2C2CC2)c1. The van der Waals surface area contributed by atoms with Gasteiger partial charge in [0.25, 0.3) is 0 Å². The summed E-state index contributed by atoms with van der Waals surface area (Å²) in [5.41, 5.74) is 0.900. The first kappa shape index (κ1) is 18.8. The number of ether oxygens (including phenoxy) is 3. The highest BCUT2D eigenvalue weighted by Gasteiger charge is 2.38. The van der Waals surface area contributed by atoms with Crippen LogP contribution in [0.1, 0.15) is 40.5 Å². The summed E-state index contributed by atoms with van der Waals surface area (Å²) in [5, 5.41) is 0. The Morgan fingerprint density at radius 1 is 1.04 bits per heavy atom. The quantitative estimate of drug-likeness (QED) is 0.806. The fourth-order valence-corrected chi connectivity index (χ4v) is 4.05. The van der Waals surface area contributed by atoms with Gasteiger partial charge in [0.2, 0.25) is 5.88 Å². The van der Waals surface area contributed by atoms with Gasteiger partial charge in [-0.1, -0.05) is 0 Å². The molecule has 1 aliphatic carbocycles. The monoisotopic (exact) mass is 375 g/mol. The fourth-order valence-electron chi connectivity index (χ4n) is 4.05. The molecule has 150 valence electrons. The summed E-state index contributed by atoms with van der Waals surface area (Å²) in [6.45, 7) is 13.3. The van der Waals surface area contributed by atoms with Crippen molar-refractivity contribution in [2.75, 3.05) is 49.3 Å². The highest BCUT2D eigenvalue weighted by atomic mass is 16.5. The number of aromatic nitrogens is 1. The summed E-state index contributed by atoms with van der Waals surface area (Å²) in [7, 11) is 0. The maximum Gasteiger partial charge on any atom is 0.217 e. The average Bonchev–Trinajstić information content (AvgIpc) is 3.45. The summed E-state index contributed by atoms with van der Waals surface area (Å²) in [6.07, 6.45) is 2.60. The zero-order chi connectivity index (χ0) is 19.0. The van der Waals surface area contributed by atoms with Crippen molar-refractivity contribution in [3.05, 3.63) is 12.1 Å². The lowest BCUT2D eigenvalue weighted by Gasteiger charge is -2.39. The van der Waals surface area contributed by atoms with Gasteiger partial charge >= 0.3 is 0 Å².